The molecule has 2 aromatic carbocycles. The van der Waals surface area contributed by atoms with Crippen LogP contribution < -0.4 is 4.90 Å². The van der Waals surface area contributed by atoms with Crippen LogP contribution in [0.3, 0.4) is 0 Å². The average Bonchev–Trinajstić information content (AvgIpc) is 2.65. The molecule has 1 fully saturated rings. The number of nitrogens with zero attached hydrogens (tertiary/aromatic N) is 2. The molecule has 1 saturated heterocycles. The molecule has 0 radical (unpaired) electrons. The number of aryl methyl sites for hydroxylation is 3. The van der Waals surface area contributed by atoms with E-state index in [2.05, 4.69) is 73.1 Å². The van der Waals surface area contributed by atoms with Crippen LogP contribution in [-0.2, 0) is 0 Å². The third kappa shape index (κ3) is 3.28. The van der Waals surface area contributed by atoms with Gasteiger partial charge in [-0.15, -0.1) is 0 Å². The van der Waals surface area contributed by atoms with Gasteiger partial charge in [-0.25, -0.2) is 0 Å². The van der Waals surface area contributed by atoms with Gasteiger partial charge in [-0.1, -0.05) is 42.0 Å². The highest BCUT2D eigenvalue weighted by atomic mass is 35.5. The second kappa shape index (κ2) is 7.09. The first-order chi connectivity index (χ1) is 12.5. The standard InChI is InChI=1S/C23H27ClN2/c1-16-7-8-19(13-17(16)2)23-6-4-5-21-15-25(11-12-26(21)23)20-9-10-22(24)18(3)14-20/h4,6-10,13-14,21,23H,5,11-12,15H2,1-3H3. The average molecular weight is 367 g/mol. The Labute approximate surface area is 162 Å². The Morgan fingerprint density at radius 3 is 2.54 bits per heavy atom. The van der Waals surface area contributed by atoms with Crippen LogP contribution in [0, 0.1) is 20.8 Å². The molecule has 2 nitrogen and oxygen atoms in total. The van der Waals surface area contributed by atoms with Gasteiger partial charge in [0, 0.05) is 36.4 Å². The molecule has 136 valence electrons. The zero-order valence-electron chi connectivity index (χ0n) is 15.9. The van der Waals surface area contributed by atoms with Crippen molar-refractivity contribution in [3.8, 4) is 0 Å². The Balaban J connectivity index is 1.55. The summed E-state index contributed by atoms with van der Waals surface area (Å²) in [4.78, 5) is 5.20. The van der Waals surface area contributed by atoms with Crippen molar-refractivity contribution in [1.29, 1.82) is 0 Å². The number of benzene rings is 2. The van der Waals surface area contributed by atoms with Crippen molar-refractivity contribution in [2.45, 2.75) is 39.3 Å². The number of hydrogen-bond donors (Lipinski definition) is 0. The molecule has 2 aromatic rings. The first-order valence-electron chi connectivity index (χ1n) is 9.53. The Kier molecular flexibility index (Phi) is 4.81. The largest absolute Gasteiger partial charge is 0.369 e. The van der Waals surface area contributed by atoms with E-state index in [1.807, 2.05) is 6.07 Å². The van der Waals surface area contributed by atoms with Crippen LogP contribution >= 0.6 is 11.6 Å². The smallest absolute Gasteiger partial charge is 0.0535 e. The maximum absolute atomic E-state index is 6.21. The Morgan fingerprint density at radius 2 is 1.77 bits per heavy atom. The SMILES string of the molecule is Cc1ccc(C2C=CCC3CN(c4ccc(Cl)c(C)c4)CCN32)cc1C. The lowest BCUT2D eigenvalue weighted by atomic mass is 9.93. The molecule has 2 atom stereocenters. The van der Waals surface area contributed by atoms with E-state index >= 15 is 0 Å². The summed E-state index contributed by atoms with van der Waals surface area (Å²) in [6.07, 6.45) is 5.89. The first kappa shape index (κ1) is 17.6. The molecule has 0 aliphatic carbocycles. The van der Waals surface area contributed by atoms with Gasteiger partial charge < -0.3 is 4.90 Å². The molecule has 0 N–H and O–H groups in total. The predicted molar refractivity (Wildman–Crippen MR) is 111 cm³/mol. The molecule has 26 heavy (non-hydrogen) atoms. The van der Waals surface area contributed by atoms with E-state index in [-0.39, 0.29) is 0 Å². The highest BCUT2D eigenvalue weighted by Crippen LogP contribution is 2.34. The molecule has 2 aliphatic heterocycles. The summed E-state index contributed by atoms with van der Waals surface area (Å²) in [5, 5.41) is 0.850. The zero-order chi connectivity index (χ0) is 18.3. The summed E-state index contributed by atoms with van der Waals surface area (Å²) >= 11 is 6.21. The van der Waals surface area contributed by atoms with Gasteiger partial charge in [0.1, 0.15) is 0 Å². The molecule has 0 saturated carbocycles. The number of hydrogen-bond acceptors (Lipinski definition) is 2. The first-order valence-corrected chi connectivity index (χ1v) is 9.91. The fourth-order valence-electron chi connectivity index (χ4n) is 4.23. The van der Waals surface area contributed by atoms with Crippen LogP contribution in [0.4, 0.5) is 5.69 Å². The normalized spacial score (nSPS) is 23.2. The molecule has 0 bridgehead atoms. The molecular formula is C23H27ClN2. The highest BCUT2D eigenvalue weighted by Gasteiger charge is 2.33. The fourth-order valence-corrected chi connectivity index (χ4v) is 4.35. The Morgan fingerprint density at radius 1 is 0.923 bits per heavy atom. The molecule has 0 aromatic heterocycles. The molecule has 2 unspecified atom stereocenters. The molecular weight excluding hydrogens is 340 g/mol. The zero-order valence-corrected chi connectivity index (χ0v) is 16.6. The number of rotatable bonds is 2. The number of halogens is 1. The minimum absolute atomic E-state index is 0.405. The lowest BCUT2D eigenvalue weighted by Gasteiger charge is -2.47. The van der Waals surface area contributed by atoms with E-state index in [1.54, 1.807) is 0 Å². The molecule has 0 spiro atoms. The van der Waals surface area contributed by atoms with Crippen LogP contribution in [0.25, 0.3) is 0 Å². The number of fused-ring (bicyclic) bond motifs is 1. The van der Waals surface area contributed by atoms with Gasteiger partial charge in [0.15, 0.2) is 0 Å². The van der Waals surface area contributed by atoms with Crippen LogP contribution in [-0.4, -0.2) is 30.6 Å². The Hall–Kier alpha value is -1.77. The quantitative estimate of drug-likeness (QED) is 0.651. The molecule has 2 heterocycles. The van der Waals surface area contributed by atoms with E-state index in [4.69, 9.17) is 11.6 Å². The van der Waals surface area contributed by atoms with Crippen LogP contribution in [0.15, 0.2) is 48.6 Å². The van der Waals surface area contributed by atoms with E-state index in [1.165, 1.54) is 22.4 Å². The summed E-state index contributed by atoms with van der Waals surface area (Å²) < 4.78 is 0. The van der Waals surface area contributed by atoms with Gasteiger partial charge in [-0.3, -0.25) is 4.90 Å². The van der Waals surface area contributed by atoms with Gasteiger partial charge >= 0.3 is 0 Å². The van der Waals surface area contributed by atoms with Crippen LogP contribution in [0.1, 0.15) is 34.7 Å². The van der Waals surface area contributed by atoms with Crippen molar-refractivity contribution in [2.24, 2.45) is 0 Å². The van der Waals surface area contributed by atoms with Crippen molar-refractivity contribution in [2.75, 3.05) is 24.5 Å². The minimum Gasteiger partial charge on any atom is -0.369 e. The Bertz CT molecular complexity index is 842. The molecule has 0 amide bonds. The van der Waals surface area contributed by atoms with Crippen molar-refractivity contribution < 1.29 is 0 Å². The lowest BCUT2D eigenvalue weighted by molar-refractivity contribution is 0.134. The number of anilines is 1. The monoisotopic (exact) mass is 366 g/mol. The third-order valence-electron chi connectivity index (χ3n) is 5.99. The van der Waals surface area contributed by atoms with Gasteiger partial charge in [0.25, 0.3) is 0 Å². The lowest BCUT2D eigenvalue weighted by Crippen LogP contribution is -2.54. The van der Waals surface area contributed by atoms with Crippen molar-refractivity contribution >= 4 is 17.3 Å². The van der Waals surface area contributed by atoms with E-state index < -0.39 is 0 Å². The van der Waals surface area contributed by atoms with Crippen molar-refractivity contribution in [3.05, 3.63) is 75.8 Å². The molecule has 3 heteroatoms. The van der Waals surface area contributed by atoms with Gasteiger partial charge in [0.05, 0.1) is 6.04 Å². The second-order valence-electron chi connectivity index (χ2n) is 7.72. The fraction of sp³-hybridized carbons (Fsp3) is 0.391. The summed E-state index contributed by atoms with van der Waals surface area (Å²) in [5.41, 5.74) is 6.62. The van der Waals surface area contributed by atoms with Gasteiger partial charge in [-0.2, -0.15) is 0 Å². The predicted octanol–water partition coefficient (Wildman–Crippen LogP) is 5.46. The van der Waals surface area contributed by atoms with Crippen LogP contribution in [0.5, 0.6) is 0 Å². The summed E-state index contributed by atoms with van der Waals surface area (Å²) in [6, 6.07) is 14.3. The second-order valence-corrected chi connectivity index (χ2v) is 8.13. The molecule has 2 aliphatic rings. The maximum atomic E-state index is 6.21. The van der Waals surface area contributed by atoms with Gasteiger partial charge in [0.2, 0.25) is 0 Å². The van der Waals surface area contributed by atoms with Crippen molar-refractivity contribution in [3.63, 3.8) is 0 Å². The summed E-state index contributed by atoms with van der Waals surface area (Å²) in [7, 11) is 0. The highest BCUT2D eigenvalue weighted by molar-refractivity contribution is 6.31. The minimum atomic E-state index is 0.405. The summed E-state index contributed by atoms with van der Waals surface area (Å²) in [5.74, 6) is 0. The third-order valence-corrected chi connectivity index (χ3v) is 6.42. The van der Waals surface area contributed by atoms with Crippen molar-refractivity contribution in [1.82, 2.24) is 4.90 Å². The van der Waals surface area contributed by atoms with E-state index in [9.17, 15) is 0 Å². The molecule has 4 rings (SSSR count). The van der Waals surface area contributed by atoms with Gasteiger partial charge in [-0.05, 0) is 67.6 Å². The van der Waals surface area contributed by atoms with E-state index in [0.717, 1.165) is 36.6 Å². The van der Waals surface area contributed by atoms with Crippen LogP contribution in [0.2, 0.25) is 5.02 Å². The summed E-state index contributed by atoms with van der Waals surface area (Å²) in [6.45, 7) is 9.71. The topological polar surface area (TPSA) is 6.48 Å². The number of piperazine rings is 1. The van der Waals surface area contributed by atoms with E-state index in [0.29, 0.717) is 12.1 Å². The maximum Gasteiger partial charge on any atom is 0.0535 e.